The lowest BCUT2D eigenvalue weighted by Gasteiger charge is -2.28. The van der Waals surface area contributed by atoms with E-state index in [1.165, 1.54) is 11.6 Å². The number of imidazole rings is 1. The van der Waals surface area contributed by atoms with Crippen molar-refractivity contribution in [3.05, 3.63) is 83.2 Å². The van der Waals surface area contributed by atoms with Crippen LogP contribution in [0, 0.1) is 12.8 Å². The molecule has 2 atom stereocenters. The zero-order valence-electron chi connectivity index (χ0n) is 21.9. The maximum Gasteiger partial charge on any atom is 0.354 e. The summed E-state index contributed by atoms with van der Waals surface area (Å²) in [4.78, 5) is 29.9. The molecule has 2 unspecified atom stereocenters. The minimum Gasteiger partial charge on any atom is -0.477 e. The van der Waals surface area contributed by atoms with Crippen LogP contribution in [-0.4, -0.2) is 48.3 Å². The van der Waals surface area contributed by atoms with Gasteiger partial charge in [0.1, 0.15) is 17.9 Å². The van der Waals surface area contributed by atoms with Gasteiger partial charge in [0.05, 0.1) is 24.0 Å². The lowest BCUT2D eigenvalue weighted by Crippen LogP contribution is -2.32. The van der Waals surface area contributed by atoms with E-state index in [1.807, 2.05) is 43.5 Å². The van der Waals surface area contributed by atoms with Gasteiger partial charge in [-0.3, -0.25) is 4.98 Å². The Kier molecular flexibility index (Phi) is 7.06. The van der Waals surface area contributed by atoms with Gasteiger partial charge < -0.3 is 19.1 Å². The van der Waals surface area contributed by atoms with Crippen LogP contribution in [0.5, 0.6) is 5.88 Å². The van der Waals surface area contributed by atoms with E-state index in [0.717, 1.165) is 67.0 Å². The van der Waals surface area contributed by atoms with E-state index in [-0.39, 0.29) is 11.8 Å². The molecule has 1 fully saturated rings. The Morgan fingerprint density at radius 2 is 2.03 bits per heavy atom. The molecule has 9 heteroatoms. The summed E-state index contributed by atoms with van der Waals surface area (Å²) in [5, 5.41) is 9.43. The Hall–Kier alpha value is -4.11. The van der Waals surface area contributed by atoms with E-state index >= 15 is 0 Å². The third kappa shape index (κ3) is 5.68. The number of pyridine rings is 3. The van der Waals surface area contributed by atoms with Gasteiger partial charge in [0, 0.05) is 25.3 Å². The van der Waals surface area contributed by atoms with Crippen molar-refractivity contribution in [1.82, 2.24) is 24.5 Å². The number of hydrogen-bond donors (Lipinski definition) is 1. The largest absolute Gasteiger partial charge is 0.477 e. The first-order chi connectivity index (χ1) is 19.0. The number of aromatic carboxylic acids is 1. The highest BCUT2D eigenvalue weighted by atomic mass is 16.5. The van der Waals surface area contributed by atoms with Crippen LogP contribution in [0.15, 0.2) is 54.7 Å². The predicted molar refractivity (Wildman–Crippen MR) is 145 cm³/mol. The lowest BCUT2D eigenvalue weighted by atomic mass is 9.86. The molecular formula is C30H31N5O4. The van der Waals surface area contributed by atoms with Gasteiger partial charge in [-0.2, -0.15) is 0 Å². The second-order valence-electron chi connectivity index (χ2n) is 10.3. The van der Waals surface area contributed by atoms with Crippen LogP contribution in [0.4, 0.5) is 0 Å². The number of hydrogen-bond acceptors (Lipinski definition) is 7. The molecule has 2 aliphatic rings. The minimum absolute atomic E-state index is 0.0313. The van der Waals surface area contributed by atoms with Crippen LogP contribution < -0.4 is 4.74 Å². The molecular weight excluding hydrogens is 494 g/mol. The molecule has 1 saturated heterocycles. The summed E-state index contributed by atoms with van der Waals surface area (Å²) >= 11 is 0. The van der Waals surface area contributed by atoms with Crippen molar-refractivity contribution in [2.45, 2.75) is 58.3 Å². The summed E-state index contributed by atoms with van der Waals surface area (Å²) in [5.41, 5.74) is 5.55. The minimum atomic E-state index is -1.04. The number of ether oxygens (including phenoxy) is 2. The number of fused-ring (bicyclic) bond motifs is 1. The van der Waals surface area contributed by atoms with Crippen molar-refractivity contribution in [2.24, 2.45) is 5.92 Å². The monoisotopic (exact) mass is 525 g/mol. The molecule has 0 radical (unpaired) electrons. The maximum atomic E-state index is 11.5. The SMILES string of the molecule is Cc1ccc(COc2cccc(C3=CCC(Cc4nc5ccc(C(=O)O)nc5n4CC4CCO4)CC3)n2)nc1. The molecule has 0 bridgehead atoms. The number of carboxylic acids is 1. The van der Waals surface area contributed by atoms with Crippen LogP contribution in [0.1, 0.15) is 58.9 Å². The number of rotatable bonds is 9. The van der Waals surface area contributed by atoms with E-state index in [9.17, 15) is 9.90 Å². The highest BCUT2D eigenvalue weighted by molar-refractivity contribution is 5.88. The molecule has 0 aromatic carbocycles. The van der Waals surface area contributed by atoms with Gasteiger partial charge in [-0.1, -0.05) is 18.2 Å². The number of nitrogens with zero attached hydrogens (tertiary/aromatic N) is 5. The van der Waals surface area contributed by atoms with Crippen LogP contribution in [0.3, 0.4) is 0 Å². The van der Waals surface area contributed by atoms with E-state index in [1.54, 1.807) is 6.07 Å². The standard InChI is InChI=1S/C30H31N5O4/c1-19-5-10-22(31-16-19)18-39-28-4-2-3-24(33-28)21-8-6-20(7-9-21)15-27-32-25-11-12-26(30(36)37)34-29(25)35(27)17-23-13-14-38-23/h2-5,8,10-12,16,20,23H,6-7,9,13-15,17-18H2,1H3,(H,36,37). The average molecular weight is 526 g/mol. The second-order valence-corrected chi connectivity index (χ2v) is 10.3. The summed E-state index contributed by atoms with van der Waals surface area (Å²) in [6.45, 7) is 3.80. The molecule has 0 saturated carbocycles. The van der Waals surface area contributed by atoms with Crippen molar-refractivity contribution in [3.8, 4) is 5.88 Å². The molecule has 39 heavy (non-hydrogen) atoms. The Balaban J connectivity index is 1.15. The summed E-state index contributed by atoms with van der Waals surface area (Å²) in [5.74, 6) is 0.928. The van der Waals surface area contributed by atoms with Gasteiger partial charge >= 0.3 is 5.97 Å². The number of allylic oxidation sites excluding steroid dienone is 2. The molecule has 6 rings (SSSR count). The molecule has 0 spiro atoms. The fraction of sp³-hybridized carbons (Fsp3) is 0.367. The van der Waals surface area contributed by atoms with E-state index in [4.69, 9.17) is 19.4 Å². The quantitative estimate of drug-likeness (QED) is 0.324. The van der Waals surface area contributed by atoms with Gasteiger partial charge in [-0.15, -0.1) is 0 Å². The first-order valence-electron chi connectivity index (χ1n) is 13.4. The molecule has 4 aromatic heterocycles. The van der Waals surface area contributed by atoms with E-state index < -0.39 is 5.97 Å². The van der Waals surface area contributed by atoms with Crippen LogP contribution in [-0.2, 0) is 24.3 Å². The molecule has 1 N–H and O–H groups in total. The van der Waals surface area contributed by atoms with Gasteiger partial charge in [-0.05, 0) is 73.9 Å². The molecule has 5 heterocycles. The van der Waals surface area contributed by atoms with E-state index in [2.05, 4.69) is 20.6 Å². The van der Waals surface area contributed by atoms with Gasteiger partial charge in [-0.25, -0.2) is 19.7 Å². The Morgan fingerprint density at radius 3 is 2.74 bits per heavy atom. The first-order valence-corrected chi connectivity index (χ1v) is 13.4. The summed E-state index contributed by atoms with van der Waals surface area (Å²) in [6, 6.07) is 13.2. The fourth-order valence-electron chi connectivity index (χ4n) is 5.12. The highest BCUT2D eigenvalue weighted by Crippen LogP contribution is 2.33. The van der Waals surface area contributed by atoms with Gasteiger partial charge in [0.25, 0.3) is 0 Å². The lowest BCUT2D eigenvalue weighted by molar-refractivity contribution is -0.0591. The normalized spacial score (nSPS) is 18.9. The average Bonchev–Trinajstić information content (AvgIpc) is 3.26. The van der Waals surface area contributed by atoms with Crippen molar-refractivity contribution in [1.29, 1.82) is 0 Å². The number of carbonyl (C=O) groups is 1. The first kappa shape index (κ1) is 25.2. The van der Waals surface area contributed by atoms with Gasteiger partial charge in [0.15, 0.2) is 11.3 Å². The molecule has 200 valence electrons. The summed E-state index contributed by atoms with van der Waals surface area (Å²) in [6.07, 6.45) is 8.90. The molecule has 1 aliphatic heterocycles. The summed E-state index contributed by atoms with van der Waals surface area (Å²) in [7, 11) is 0. The Morgan fingerprint density at radius 1 is 1.13 bits per heavy atom. The molecule has 1 aliphatic carbocycles. The van der Waals surface area contributed by atoms with Crippen molar-refractivity contribution in [2.75, 3.05) is 6.61 Å². The van der Waals surface area contributed by atoms with Crippen molar-refractivity contribution >= 4 is 22.7 Å². The van der Waals surface area contributed by atoms with Crippen LogP contribution in [0.2, 0.25) is 0 Å². The van der Waals surface area contributed by atoms with Crippen LogP contribution in [0.25, 0.3) is 16.7 Å². The topological polar surface area (TPSA) is 112 Å². The summed E-state index contributed by atoms with van der Waals surface area (Å²) < 4.78 is 13.6. The highest BCUT2D eigenvalue weighted by Gasteiger charge is 2.25. The smallest absolute Gasteiger partial charge is 0.354 e. The second kappa shape index (κ2) is 10.9. The fourth-order valence-corrected chi connectivity index (χ4v) is 5.12. The zero-order chi connectivity index (χ0) is 26.8. The Labute approximate surface area is 226 Å². The van der Waals surface area contributed by atoms with Crippen molar-refractivity contribution < 1.29 is 19.4 Å². The predicted octanol–water partition coefficient (Wildman–Crippen LogP) is 5.02. The molecule has 9 nitrogen and oxygen atoms in total. The molecule has 0 amide bonds. The van der Waals surface area contributed by atoms with Gasteiger partial charge in [0.2, 0.25) is 5.88 Å². The van der Waals surface area contributed by atoms with E-state index in [0.29, 0.717) is 30.6 Å². The number of carboxylic acid groups (broad SMARTS) is 1. The number of aryl methyl sites for hydroxylation is 1. The third-order valence-electron chi connectivity index (χ3n) is 7.45. The molecule has 4 aromatic rings. The van der Waals surface area contributed by atoms with Crippen molar-refractivity contribution in [3.63, 3.8) is 0 Å². The zero-order valence-corrected chi connectivity index (χ0v) is 21.9. The Bertz CT molecular complexity index is 1520. The van der Waals surface area contributed by atoms with Crippen LogP contribution >= 0.6 is 0 Å². The maximum absolute atomic E-state index is 11.5. The number of aromatic nitrogens is 5. The third-order valence-corrected chi connectivity index (χ3v) is 7.45.